The van der Waals surface area contributed by atoms with Crippen LogP contribution in [-0.4, -0.2) is 14.1 Å². The molecule has 0 spiro atoms. The molecule has 0 aliphatic rings. The number of benzene rings is 1. The van der Waals surface area contributed by atoms with Crippen LogP contribution in [-0.2, 0) is 13.1 Å². The van der Waals surface area contributed by atoms with Crippen LogP contribution in [0.15, 0.2) is 35.4 Å². The van der Waals surface area contributed by atoms with Crippen molar-refractivity contribution in [3.63, 3.8) is 0 Å². The van der Waals surface area contributed by atoms with Crippen LogP contribution in [0.4, 0.5) is 5.69 Å². The summed E-state index contributed by atoms with van der Waals surface area (Å²) in [6.45, 7) is 2.77. The van der Waals surface area contributed by atoms with Crippen molar-refractivity contribution in [2.24, 2.45) is 0 Å². The van der Waals surface area contributed by atoms with E-state index in [0.717, 1.165) is 0 Å². The second kappa shape index (κ2) is 5.27. The molecule has 7 heteroatoms. The van der Waals surface area contributed by atoms with Crippen LogP contribution in [0.25, 0.3) is 0 Å². The first-order valence-corrected chi connectivity index (χ1v) is 6.09. The maximum Gasteiger partial charge on any atom is 0.328 e. The van der Waals surface area contributed by atoms with E-state index in [1.54, 1.807) is 23.0 Å². The van der Waals surface area contributed by atoms with Crippen molar-refractivity contribution >= 4 is 17.3 Å². The number of nitro groups is 1. The zero-order valence-corrected chi connectivity index (χ0v) is 11.0. The second-order valence-corrected chi connectivity index (χ2v) is 4.43. The van der Waals surface area contributed by atoms with E-state index in [-0.39, 0.29) is 16.4 Å². The van der Waals surface area contributed by atoms with Gasteiger partial charge in [0, 0.05) is 31.1 Å². The number of aromatic nitrogens is 2. The zero-order valence-electron chi connectivity index (χ0n) is 10.2. The maximum atomic E-state index is 11.9. The lowest BCUT2D eigenvalue weighted by atomic mass is 10.2. The van der Waals surface area contributed by atoms with Gasteiger partial charge in [0.25, 0.3) is 5.69 Å². The lowest BCUT2D eigenvalue weighted by molar-refractivity contribution is -0.384. The van der Waals surface area contributed by atoms with E-state index in [1.165, 1.54) is 16.7 Å². The van der Waals surface area contributed by atoms with Crippen LogP contribution in [0.3, 0.4) is 0 Å². The predicted octanol–water partition coefficient (Wildman–Crippen LogP) is 2.28. The van der Waals surface area contributed by atoms with Gasteiger partial charge in [-0.2, -0.15) is 0 Å². The Hall–Kier alpha value is -2.08. The third kappa shape index (κ3) is 2.68. The number of hydrogen-bond donors (Lipinski definition) is 0. The summed E-state index contributed by atoms with van der Waals surface area (Å²) >= 11 is 5.99. The molecule has 0 aliphatic carbocycles. The van der Waals surface area contributed by atoms with E-state index in [1.807, 2.05) is 6.92 Å². The normalized spacial score (nSPS) is 10.6. The number of imidazole rings is 1. The molecule has 0 unspecified atom stereocenters. The molecule has 0 fully saturated rings. The summed E-state index contributed by atoms with van der Waals surface area (Å²) < 4.78 is 3.08. The van der Waals surface area contributed by atoms with Crippen molar-refractivity contribution in [3.05, 3.63) is 61.8 Å². The van der Waals surface area contributed by atoms with Crippen molar-refractivity contribution in [1.29, 1.82) is 0 Å². The fraction of sp³-hybridized carbons (Fsp3) is 0.250. The fourth-order valence-electron chi connectivity index (χ4n) is 1.78. The van der Waals surface area contributed by atoms with Gasteiger partial charge in [-0.15, -0.1) is 0 Å². The molecule has 0 atom stereocenters. The first kappa shape index (κ1) is 13.4. The van der Waals surface area contributed by atoms with Crippen LogP contribution in [0, 0.1) is 10.1 Å². The quantitative estimate of drug-likeness (QED) is 0.638. The van der Waals surface area contributed by atoms with E-state index < -0.39 is 4.92 Å². The first-order chi connectivity index (χ1) is 9.02. The molecule has 1 heterocycles. The molecule has 2 rings (SSSR count). The average molecular weight is 282 g/mol. The highest BCUT2D eigenvalue weighted by Gasteiger charge is 2.11. The first-order valence-electron chi connectivity index (χ1n) is 5.71. The summed E-state index contributed by atoms with van der Waals surface area (Å²) in [5.41, 5.74) is 0.479. The van der Waals surface area contributed by atoms with Gasteiger partial charge in [-0.25, -0.2) is 4.79 Å². The van der Waals surface area contributed by atoms with Gasteiger partial charge < -0.3 is 0 Å². The third-order valence-corrected chi connectivity index (χ3v) is 3.20. The molecule has 0 saturated heterocycles. The van der Waals surface area contributed by atoms with Gasteiger partial charge in [0.1, 0.15) is 0 Å². The van der Waals surface area contributed by atoms with Crippen LogP contribution in [0.1, 0.15) is 12.5 Å². The van der Waals surface area contributed by atoms with Crippen molar-refractivity contribution in [1.82, 2.24) is 9.13 Å². The Morgan fingerprint density at radius 2 is 2.00 bits per heavy atom. The van der Waals surface area contributed by atoms with Crippen LogP contribution in [0.2, 0.25) is 5.02 Å². The minimum Gasteiger partial charge on any atom is -0.300 e. The number of aryl methyl sites for hydroxylation is 1. The smallest absolute Gasteiger partial charge is 0.300 e. The maximum absolute atomic E-state index is 11.9. The number of non-ortho nitro benzene ring substituents is 1. The van der Waals surface area contributed by atoms with Gasteiger partial charge >= 0.3 is 5.69 Å². The van der Waals surface area contributed by atoms with E-state index in [0.29, 0.717) is 18.7 Å². The zero-order chi connectivity index (χ0) is 14.0. The second-order valence-electron chi connectivity index (χ2n) is 4.03. The molecule has 2 aromatic rings. The Morgan fingerprint density at radius 1 is 1.32 bits per heavy atom. The van der Waals surface area contributed by atoms with Crippen LogP contribution < -0.4 is 5.69 Å². The van der Waals surface area contributed by atoms with E-state index in [9.17, 15) is 14.9 Å². The van der Waals surface area contributed by atoms with Gasteiger partial charge in [0.15, 0.2) is 0 Å². The summed E-state index contributed by atoms with van der Waals surface area (Å²) in [6, 6.07) is 4.23. The standard InChI is InChI=1S/C12H12ClN3O3/c1-2-14-5-6-15(12(14)17)8-9-3-4-10(16(18)19)7-11(9)13/h3-7H,2,8H2,1H3. The molecule has 6 nitrogen and oxygen atoms in total. The summed E-state index contributed by atoms with van der Waals surface area (Å²) in [5.74, 6) is 0. The lowest BCUT2D eigenvalue weighted by Crippen LogP contribution is -2.23. The summed E-state index contributed by atoms with van der Waals surface area (Å²) in [4.78, 5) is 22.0. The highest BCUT2D eigenvalue weighted by Crippen LogP contribution is 2.22. The van der Waals surface area contributed by atoms with E-state index in [2.05, 4.69) is 0 Å². The third-order valence-electron chi connectivity index (χ3n) is 2.85. The molecule has 0 saturated carbocycles. The number of rotatable bonds is 4. The highest BCUT2D eigenvalue weighted by atomic mass is 35.5. The van der Waals surface area contributed by atoms with Crippen molar-refractivity contribution in [2.75, 3.05) is 0 Å². The van der Waals surface area contributed by atoms with Crippen molar-refractivity contribution < 1.29 is 4.92 Å². The predicted molar refractivity (Wildman–Crippen MR) is 71.6 cm³/mol. The van der Waals surface area contributed by atoms with Gasteiger partial charge in [0.2, 0.25) is 0 Å². The number of nitro benzene ring substituents is 1. The molecule has 0 bridgehead atoms. The summed E-state index contributed by atoms with van der Waals surface area (Å²) in [5, 5.41) is 10.9. The Morgan fingerprint density at radius 3 is 2.53 bits per heavy atom. The SMILES string of the molecule is CCn1ccn(Cc2ccc([N+](=O)[O-])cc2Cl)c1=O. The Bertz CT molecular complexity index is 675. The topological polar surface area (TPSA) is 70.1 Å². The van der Waals surface area contributed by atoms with Crippen molar-refractivity contribution in [3.8, 4) is 0 Å². The number of nitrogens with zero attached hydrogens (tertiary/aromatic N) is 3. The van der Waals surface area contributed by atoms with Crippen molar-refractivity contribution in [2.45, 2.75) is 20.0 Å². The van der Waals surface area contributed by atoms with Gasteiger partial charge in [-0.05, 0) is 18.6 Å². The van der Waals surface area contributed by atoms with E-state index in [4.69, 9.17) is 11.6 Å². The number of hydrogen-bond acceptors (Lipinski definition) is 3. The van der Waals surface area contributed by atoms with E-state index >= 15 is 0 Å². The van der Waals surface area contributed by atoms with Gasteiger partial charge in [-0.1, -0.05) is 11.6 Å². The average Bonchev–Trinajstić information content (AvgIpc) is 2.72. The molecule has 100 valence electrons. The molecular weight excluding hydrogens is 270 g/mol. The van der Waals surface area contributed by atoms with Gasteiger partial charge in [-0.3, -0.25) is 19.2 Å². The molecule has 0 amide bonds. The summed E-state index contributed by atoms with van der Waals surface area (Å²) in [7, 11) is 0. The molecule has 0 N–H and O–H groups in total. The minimum absolute atomic E-state index is 0.0628. The summed E-state index contributed by atoms with van der Waals surface area (Å²) in [6.07, 6.45) is 3.37. The fourth-order valence-corrected chi connectivity index (χ4v) is 2.01. The number of halogens is 1. The van der Waals surface area contributed by atoms with Gasteiger partial charge in [0.05, 0.1) is 16.5 Å². The molecule has 19 heavy (non-hydrogen) atoms. The Balaban J connectivity index is 2.31. The molecular formula is C12H12ClN3O3. The Labute approximate surface area is 114 Å². The minimum atomic E-state index is -0.505. The molecule has 0 aliphatic heterocycles. The molecule has 0 radical (unpaired) electrons. The van der Waals surface area contributed by atoms with Crippen LogP contribution in [0.5, 0.6) is 0 Å². The lowest BCUT2D eigenvalue weighted by Gasteiger charge is -2.04. The molecule has 1 aromatic heterocycles. The Kier molecular flexibility index (Phi) is 3.71. The van der Waals surface area contributed by atoms with Crippen LogP contribution >= 0.6 is 11.6 Å². The monoisotopic (exact) mass is 281 g/mol. The highest BCUT2D eigenvalue weighted by molar-refractivity contribution is 6.31. The largest absolute Gasteiger partial charge is 0.328 e. The molecule has 1 aromatic carbocycles.